The molecule has 0 aliphatic carbocycles. The van der Waals surface area contributed by atoms with E-state index in [0.29, 0.717) is 12.3 Å². The lowest BCUT2D eigenvalue weighted by atomic mass is 9.93. The third kappa shape index (κ3) is 3.19. The number of benzene rings is 1. The van der Waals surface area contributed by atoms with Crippen LogP contribution in [0, 0.1) is 19.8 Å². The Morgan fingerprint density at radius 3 is 2.25 bits per heavy atom. The van der Waals surface area contributed by atoms with Gasteiger partial charge in [-0.15, -0.1) is 0 Å². The molecule has 0 bridgehead atoms. The molecule has 0 heterocycles. The Bertz CT molecular complexity index is 362. The number of carbonyl (C=O) groups excluding carboxylic acids is 1. The zero-order valence-electron chi connectivity index (χ0n) is 10.8. The lowest BCUT2D eigenvalue weighted by Gasteiger charge is -2.11. The molecule has 0 saturated heterocycles. The summed E-state index contributed by atoms with van der Waals surface area (Å²) in [5, 5.41) is 0. The standard InChI is InChI=1S/C15H22O/c1-5-13(6-2)10-15(16)14-8-7-11(3)12(4)9-14/h7-9,13H,5-6,10H2,1-4H3. The topological polar surface area (TPSA) is 17.1 Å². The smallest absolute Gasteiger partial charge is 0.163 e. The van der Waals surface area contributed by atoms with E-state index in [1.807, 2.05) is 18.2 Å². The predicted octanol–water partition coefficient (Wildman–Crippen LogP) is 4.31. The number of hydrogen-bond donors (Lipinski definition) is 0. The van der Waals surface area contributed by atoms with Crippen LogP contribution in [0.1, 0.15) is 54.6 Å². The van der Waals surface area contributed by atoms with Crippen molar-refractivity contribution < 1.29 is 4.79 Å². The van der Waals surface area contributed by atoms with Gasteiger partial charge in [-0.05, 0) is 37.0 Å². The van der Waals surface area contributed by atoms with Crippen molar-refractivity contribution in [2.24, 2.45) is 5.92 Å². The van der Waals surface area contributed by atoms with Gasteiger partial charge in [-0.25, -0.2) is 0 Å². The molecular formula is C15H22O. The van der Waals surface area contributed by atoms with Crippen LogP contribution in [0.5, 0.6) is 0 Å². The Morgan fingerprint density at radius 2 is 1.75 bits per heavy atom. The second kappa shape index (κ2) is 5.83. The molecular weight excluding hydrogens is 196 g/mol. The third-order valence-corrected chi connectivity index (χ3v) is 3.46. The summed E-state index contributed by atoms with van der Waals surface area (Å²) < 4.78 is 0. The molecule has 1 nitrogen and oxygen atoms in total. The normalized spacial score (nSPS) is 10.8. The number of carbonyl (C=O) groups is 1. The fourth-order valence-electron chi connectivity index (χ4n) is 1.87. The molecule has 88 valence electrons. The Kier molecular flexibility index (Phi) is 4.72. The molecule has 0 aliphatic rings. The van der Waals surface area contributed by atoms with Crippen LogP contribution < -0.4 is 0 Å². The van der Waals surface area contributed by atoms with Crippen LogP contribution >= 0.6 is 0 Å². The van der Waals surface area contributed by atoms with E-state index in [1.165, 1.54) is 11.1 Å². The van der Waals surface area contributed by atoms with E-state index < -0.39 is 0 Å². The summed E-state index contributed by atoms with van der Waals surface area (Å²) in [6.07, 6.45) is 2.87. The maximum Gasteiger partial charge on any atom is 0.163 e. The van der Waals surface area contributed by atoms with Crippen LogP contribution in [0.3, 0.4) is 0 Å². The molecule has 0 N–H and O–H groups in total. The van der Waals surface area contributed by atoms with Crippen molar-refractivity contribution in [1.82, 2.24) is 0 Å². The highest BCUT2D eigenvalue weighted by atomic mass is 16.1. The molecule has 1 rings (SSSR count). The molecule has 0 unspecified atom stereocenters. The first-order valence-corrected chi connectivity index (χ1v) is 6.18. The molecule has 0 radical (unpaired) electrons. The molecule has 0 fully saturated rings. The van der Waals surface area contributed by atoms with Crippen LogP contribution in [-0.2, 0) is 0 Å². The van der Waals surface area contributed by atoms with E-state index in [2.05, 4.69) is 27.7 Å². The maximum absolute atomic E-state index is 12.0. The SMILES string of the molecule is CCC(CC)CC(=O)c1ccc(C)c(C)c1. The molecule has 1 heteroatoms. The molecule has 0 aromatic heterocycles. The zero-order valence-corrected chi connectivity index (χ0v) is 10.8. The first-order valence-electron chi connectivity index (χ1n) is 6.18. The van der Waals surface area contributed by atoms with Crippen molar-refractivity contribution in [3.63, 3.8) is 0 Å². The van der Waals surface area contributed by atoms with Crippen molar-refractivity contribution in [1.29, 1.82) is 0 Å². The molecule has 1 aromatic rings. The van der Waals surface area contributed by atoms with Gasteiger partial charge in [0.15, 0.2) is 5.78 Å². The molecule has 1 aromatic carbocycles. The summed E-state index contributed by atoms with van der Waals surface area (Å²) in [5.41, 5.74) is 3.32. The first kappa shape index (κ1) is 13.0. The number of hydrogen-bond acceptors (Lipinski definition) is 1. The summed E-state index contributed by atoms with van der Waals surface area (Å²) >= 11 is 0. The van der Waals surface area contributed by atoms with Gasteiger partial charge in [-0.1, -0.05) is 38.8 Å². The maximum atomic E-state index is 12.0. The highest BCUT2D eigenvalue weighted by molar-refractivity contribution is 5.96. The van der Waals surface area contributed by atoms with Crippen molar-refractivity contribution in [3.05, 3.63) is 34.9 Å². The quantitative estimate of drug-likeness (QED) is 0.673. The summed E-state index contributed by atoms with van der Waals surface area (Å²) in [5.74, 6) is 0.825. The zero-order chi connectivity index (χ0) is 12.1. The molecule has 0 spiro atoms. The number of ketones is 1. The number of aryl methyl sites for hydroxylation is 2. The number of Topliss-reactive ketones (excluding diaryl/α,β-unsaturated/α-hetero) is 1. The third-order valence-electron chi connectivity index (χ3n) is 3.46. The van der Waals surface area contributed by atoms with E-state index in [9.17, 15) is 4.79 Å². The van der Waals surface area contributed by atoms with E-state index in [4.69, 9.17) is 0 Å². The minimum atomic E-state index is 0.289. The summed E-state index contributed by atoms with van der Waals surface area (Å²) in [7, 11) is 0. The fraction of sp³-hybridized carbons (Fsp3) is 0.533. The van der Waals surface area contributed by atoms with Gasteiger partial charge in [-0.3, -0.25) is 4.79 Å². The van der Waals surface area contributed by atoms with Crippen molar-refractivity contribution >= 4 is 5.78 Å². The second-order valence-corrected chi connectivity index (χ2v) is 4.61. The molecule has 0 amide bonds. The van der Waals surface area contributed by atoms with Crippen molar-refractivity contribution in [2.45, 2.75) is 47.0 Å². The van der Waals surface area contributed by atoms with Crippen molar-refractivity contribution in [3.8, 4) is 0 Å². The van der Waals surface area contributed by atoms with Gasteiger partial charge in [0, 0.05) is 12.0 Å². The second-order valence-electron chi connectivity index (χ2n) is 4.61. The molecule has 16 heavy (non-hydrogen) atoms. The van der Waals surface area contributed by atoms with E-state index >= 15 is 0 Å². The minimum absolute atomic E-state index is 0.289. The van der Waals surface area contributed by atoms with Crippen LogP contribution in [0.15, 0.2) is 18.2 Å². The lowest BCUT2D eigenvalue weighted by molar-refractivity contribution is 0.0958. The van der Waals surface area contributed by atoms with Gasteiger partial charge in [0.05, 0.1) is 0 Å². The Labute approximate surface area is 98.9 Å². The average Bonchev–Trinajstić information content (AvgIpc) is 2.29. The lowest BCUT2D eigenvalue weighted by Crippen LogP contribution is -2.07. The van der Waals surface area contributed by atoms with Crippen molar-refractivity contribution in [2.75, 3.05) is 0 Å². The monoisotopic (exact) mass is 218 g/mol. The molecule has 0 atom stereocenters. The molecule has 0 saturated carbocycles. The summed E-state index contributed by atoms with van der Waals surface area (Å²) in [6, 6.07) is 6.00. The van der Waals surface area contributed by atoms with E-state index in [0.717, 1.165) is 18.4 Å². The Morgan fingerprint density at radius 1 is 1.12 bits per heavy atom. The highest BCUT2D eigenvalue weighted by Gasteiger charge is 2.12. The first-order chi connectivity index (χ1) is 7.58. The van der Waals surface area contributed by atoms with Crippen LogP contribution in [0.2, 0.25) is 0 Å². The van der Waals surface area contributed by atoms with Gasteiger partial charge in [-0.2, -0.15) is 0 Å². The Balaban J connectivity index is 2.76. The Hall–Kier alpha value is -1.11. The van der Waals surface area contributed by atoms with Crippen LogP contribution in [0.4, 0.5) is 0 Å². The van der Waals surface area contributed by atoms with Gasteiger partial charge >= 0.3 is 0 Å². The van der Waals surface area contributed by atoms with Gasteiger partial charge in [0.2, 0.25) is 0 Å². The van der Waals surface area contributed by atoms with E-state index in [-0.39, 0.29) is 5.78 Å². The minimum Gasteiger partial charge on any atom is -0.294 e. The number of rotatable bonds is 5. The van der Waals surface area contributed by atoms with E-state index in [1.54, 1.807) is 0 Å². The summed E-state index contributed by atoms with van der Waals surface area (Å²) in [4.78, 5) is 12.0. The van der Waals surface area contributed by atoms with Gasteiger partial charge < -0.3 is 0 Å². The van der Waals surface area contributed by atoms with Crippen LogP contribution in [0.25, 0.3) is 0 Å². The predicted molar refractivity (Wildman–Crippen MR) is 68.9 cm³/mol. The van der Waals surface area contributed by atoms with Crippen LogP contribution in [-0.4, -0.2) is 5.78 Å². The highest BCUT2D eigenvalue weighted by Crippen LogP contribution is 2.18. The average molecular weight is 218 g/mol. The molecule has 0 aliphatic heterocycles. The summed E-state index contributed by atoms with van der Waals surface area (Å²) in [6.45, 7) is 8.44. The van der Waals surface area contributed by atoms with Gasteiger partial charge in [0.1, 0.15) is 0 Å². The fourth-order valence-corrected chi connectivity index (χ4v) is 1.87. The van der Waals surface area contributed by atoms with Gasteiger partial charge in [0.25, 0.3) is 0 Å². The largest absolute Gasteiger partial charge is 0.294 e.